The molecule has 4 nitrogen and oxygen atoms in total. The average molecular weight is 311 g/mol. The predicted molar refractivity (Wildman–Crippen MR) is 82.5 cm³/mol. The van der Waals surface area contributed by atoms with Crippen LogP contribution in [0.2, 0.25) is 5.02 Å². The normalized spacial score (nSPS) is 12.7. The monoisotopic (exact) mass is 310 g/mol. The van der Waals surface area contributed by atoms with E-state index in [0.29, 0.717) is 17.0 Å². The lowest BCUT2D eigenvalue weighted by atomic mass is 9.98. The second kappa shape index (κ2) is 6.56. The number of hydrogen-bond acceptors (Lipinski definition) is 3. The molecule has 1 aromatic heterocycles. The Morgan fingerprint density at radius 1 is 1.43 bits per heavy atom. The molecule has 2 rings (SSSR count). The summed E-state index contributed by atoms with van der Waals surface area (Å²) in [5, 5.41) is 4.77. The summed E-state index contributed by atoms with van der Waals surface area (Å²) in [6.45, 7) is 4.01. The molecule has 1 aromatic carbocycles. The van der Waals surface area contributed by atoms with E-state index in [4.69, 9.17) is 17.4 Å². The molecular weight excluding hydrogens is 291 g/mol. The maximum Gasteiger partial charge on any atom is 0.129 e. The molecule has 0 spiro atoms. The average Bonchev–Trinajstić information content (AvgIpc) is 2.67. The van der Waals surface area contributed by atoms with Crippen LogP contribution in [0.3, 0.4) is 0 Å². The van der Waals surface area contributed by atoms with E-state index in [-0.39, 0.29) is 11.9 Å². The van der Waals surface area contributed by atoms with E-state index < -0.39 is 0 Å². The van der Waals surface area contributed by atoms with Gasteiger partial charge >= 0.3 is 0 Å². The van der Waals surface area contributed by atoms with Crippen molar-refractivity contribution in [3.8, 4) is 0 Å². The number of rotatable bonds is 5. The Hall–Kier alpha value is -1.43. The van der Waals surface area contributed by atoms with Gasteiger partial charge in [0.25, 0.3) is 0 Å². The molecule has 0 amide bonds. The molecule has 0 aliphatic carbocycles. The second-order valence-corrected chi connectivity index (χ2v) is 5.63. The van der Waals surface area contributed by atoms with E-state index in [0.717, 1.165) is 17.8 Å². The van der Waals surface area contributed by atoms with Crippen LogP contribution in [0.25, 0.3) is 0 Å². The fraction of sp³-hybridized carbons (Fsp3) is 0.400. The van der Waals surface area contributed by atoms with Crippen molar-refractivity contribution in [3.63, 3.8) is 0 Å². The highest BCUT2D eigenvalue weighted by atomic mass is 35.5. The van der Waals surface area contributed by atoms with Crippen LogP contribution in [0, 0.1) is 19.7 Å². The lowest BCUT2D eigenvalue weighted by Gasteiger charge is -2.17. The molecule has 0 bridgehead atoms. The number of hydrazine groups is 1. The van der Waals surface area contributed by atoms with E-state index in [1.54, 1.807) is 12.1 Å². The number of nitrogens with zero attached hydrogens (tertiary/aromatic N) is 2. The number of aromatic nitrogens is 2. The van der Waals surface area contributed by atoms with Crippen molar-refractivity contribution < 1.29 is 4.39 Å². The third-order valence-corrected chi connectivity index (χ3v) is 4.12. The van der Waals surface area contributed by atoms with Crippen molar-refractivity contribution in [3.05, 3.63) is 51.6 Å². The summed E-state index contributed by atoms with van der Waals surface area (Å²) in [5.41, 5.74) is 6.53. The van der Waals surface area contributed by atoms with Crippen molar-refractivity contribution in [2.24, 2.45) is 12.9 Å². The first-order chi connectivity index (χ1) is 9.93. The maximum absolute atomic E-state index is 14.0. The van der Waals surface area contributed by atoms with Crippen LogP contribution in [0.1, 0.15) is 35.0 Å². The zero-order valence-electron chi connectivity index (χ0n) is 12.5. The lowest BCUT2D eigenvalue weighted by Crippen LogP contribution is -2.29. The Balaban J connectivity index is 2.16. The molecule has 0 fully saturated rings. The van der Waals surface area contributed by atoms with E-state index in [1.165, 1.54) is 11.6 Å². The highest BCUT2D eigenvalue weighted by Gasteiger charge is 2.17. The fourth-order valence-electron chi connectivity index (χ4n) is 2.58. The molecule has 1 heterocycles. The van der Waals surface area contributed by atoms with Gasteiger partial charge in [-0.05, 0) is 44.4 Å². The van der Waals surface area contributed by atoms with Gasteiger partial charge in [-0.2, -0.15) is 5.10 Å². The standard InChI is InChI=1S/C15H20ClFN4/c1-9-12(10(2)21(3)20-9)6-7-15(19-18)13-5-4-11(16)8-14(13)17/h4-5,8,15,19H,6-7,18H2,1-3H3. The molecule has 1 atom stereocenters. The molecule has 6 heteroatoms. The molecule has 1 unspecified atom stereocenters. The number of aryl methyl sites for hydroxylation is 2. The van der Waals surface area contributed by atoms with Crippen molar-refractivity contribution >= 4 is 11.6 Å². The summed E-state index contributed by atoms with van der Waals surface area (Å²) in [4.78, 5) is 0. The van der Waals surface area contributed by atoms with Gasteiger partial charge in [-0.3, -0.25) is 16.0 Å². The minimum absolute atomic E-state index is 0.263. The molecule has 0 aliphatic rings. The minimum atomic E-state index is -0.343. The smallest absolute Gasteiger partial charge is 0.129 e. The van der Waals surface area contributed by atoms with E-state index in [2.05, 4.69) is 10.5 Å². The van der Waals surface area contributed by atoms with Gasteiger partial charge < -0.3 is 0 Å². The number of halogens is 2. The Morgan fingerprint density at radius 3 is 2.67 bits per heavy atom. The van der Waals surface area contributed by atoms with Gasteiger partial charge in [0.1, 0.15) is 5.82 Å². The van der Waals surface area contributed by atoms with Crippen LogP contribution in [0.4, 0.5) is 4.39 Å². The number of nitrogens with two attached hydrogens (primary N) is 1. The zero-order valence-corrected chi connectivity index (χ0v) is 13.2. The summed E-state index contributed by atoms with van der Waals surface area (Å²) in [6.07, 6.45) is 1.46. The Kier molecular flexibility index (Phi) is 4.98. The van der Waals surface area contributed by atoms with Crippen molar-refractivity contribution in [2.45, 2.75) is 32.7 Å². The molecule has 0 radical (unpaired) electrons. The molecule has 2 aromatic rings. The zero-order chi connectivity index (χ0) is 15.6. The minimum Gasteiger partial charge on any atom is -0.272 e. The van der Waals surface area contributed by atoms with Crippen LogP contribution < -0.4 is 11.3 Å². The van der Waals surface area contributed by atoms with Gasteiger partial charge in [0.2, 0.25) is 0 Å². The summed E-state index contributed by atoms with van der Waals surface area (Å²) < 4.78 is 15.8. The SMILES string of the molecule is Cc1nn(C)c(C)c1CCC(NN)c1ccc(Cl)cc1F. The van der Waals surface area contributed by atoms with Crippen molar-refractivity contribution in [1.29, 1.82) is 0 Å². The summed E-state index contributed by atoms with van der Waals surface area (Å²) in [7, 11) is 1.92. The highest BCUT2D eigenvalue weighted by Crippen LogP contribution is 2.25. The molecule has 0 saturated heterocycles. The van der Waals surface area contributed by atoms with E-state index >= 15 is 0 Å². The van der Waals surface area contributed by atoms with Crippen LogP contribution >= 0.6 is 11.6 Å². The molecule has 0 aliphatic heterocycles. The topological polar surface area (TPSA) is 55.9 Å². The van der Waals surface area contributed by atoms with E-state index in [9.17, 15) is 4.39 Å². The van der Waals surface area contributed by atoms with Gasteiger partial charge in [-0.1, -0.05) is 17.7 Å². The van der Waals surface area contributed by atoms with Crippen LogP contribution in [-0.4, -0.2) is 9.78 Å². The highest BCUT2D eigenvalue weighted by molar-refractivity contribution is 6.30. The van der Waals surface area contributed by atoms with Crippen LogP contribution in [0.5, 0.6) is 0 Å². The second-order valence-electron chi connectivity index (χ2n) is 5.20. The first-order valence-electron chi connectivity index (χ1n) is 6.84. The maximum atomic E-state index is 14.0. The molecule has 3 N–H and O–H groups in total. The van der Waals surface area contributed by atoms with Gasteiger partial charge in [-0.15, -0.1) is 0 Å². The first kappa shape index (κ1) is 15.9. The summed E-state index contributed by atoms with van der Waals surface area (Å²) >= 11 is 5.78. The Bertz CT molecular complexity index is 639. The van der Waals surface area contributed by atoms with Crippen LogP contribution in [-0.2, 0) is 13.5 Å². The van der Waals surface area contributed by atoms with Gasteiger partial charge in [0.05, 0.1) is 5.69 Å². The van der Waals surface area contributed by atoms with E-state index in [1.807, 2.05) is 25.6 Å². The largest absolute Gasteiger partial charge is 0.272 e. The molecule has 21 heavy (non-hydrogen) atoms. The van der Waals surface area contributed by atoms with Crippen LogP contribution in [0.15, 0.2) is 18.2 Å². The molecule has 0 saturated carbocycles. The van der Waals surface area contributed by atoms with Gasteiger partial charge in [0.15, 0.2) is 0 Å². The number of hydrogen-bond donors (Lipinski definition) is 2. The van der Waals surface area contributed by atoms with Gasteiger partial charge in [0, 0.05) is 29.4 Å². The van der Waals surface area contributed by atoms with Crippen molar-refractivity contribution in [2.75, 3.05) is 0 Å². The third-order valence-electron chi connectivity index (χ3n) is 3.88. The third kappa shape index (κ3) is 3.43. The first-order valence-corrected chi connectivity index (χ1v) is 7.22. The Morgan fingerprint density at radius 2 is 2.14 bits per heavy atom. The van der Waals surface area contributed by atoms with Gasteiger partial charge in [-0.25, -0.2) is 4.39 Å². The predicted octanol–water partition coefficient (Wildman–Crippen LogP) is 2.97. The lowest BCUT2D eigenvalue weighted by molar-refractivity contribution is 0.485. The number of benzene rings is 1. The fourth-order valence-corrected chi connectivity index (χ4v) is 2.74. The quantitative estimate of drug-likeness (QED) is 0.659. The Labute approximate surface area is 129 Å². The van der Waals surface area contributed by atoms with Crippen molar-refractivity contribution in [1.82, 2.24) is 15.2 Å². The molecule has 114 valence electrons. The molecular formula is C15H20ClFN4. The summed E-state index contributed by atoms with van der Waals surface area (Å²) in [5.74, 6) is 5.24. The number of nitrogens with one attached hydrogen (secondary N) is 1. The summed E-state index contributed by atoms with van der Waals surface area (Å²) in [6, 6.07) is 4.39.